The van der Waals surface area contributed by atoms with Gasteiger partial charge in [-0.1, -0.05) is 20.8 Å². The van der Waals surface area contributed by atoms with Crippen LogP contribution in [-0.4, -0.2) is 36.7 Å². The summed E-state index contributed by atoms with van der Waals surface area (Å²) in [5, 5.41) is 0. The molecule has 0 N–H and O–H groups in total. The van der Waals surface area contributed by atoms with Gasteiger partial charge in [0.15, 0.2) is 0 Å². The lowest BCUT2D eigenvalue weighted by Crippen LogP contribution is -2.28. The van der Waals surface area contributed by atoms with Crippen LogP contribution in [0.4, 0.5) is 0 Å². The molecule has 1 atom stereocenters. The topological polar surface area (TPSA) is 12.5 Å². The molecule has 1 heterocycles. The first-order valence-electron chi connectivity index (χ1n) is 8.52. The van der Waals surface area contributed by atoms with Crippen LogP contribution in [0.3, 0.4) is 0 Å². The Bertz CT molecular complexity index is 262. The Morgan fingerprint density at radius 2 is 1.70 bits per heavy atom. The van der Waals surface area contributed by atoms with Crippen LogP contribution in [0.5, 0.6) is 0 Å². The molecule has 0 aromatic carbocycles. The van der Waals surface area contributed by atoms with Gasteiger partial charge >= 0.3 is 0 Å². The van der Waals surface area contributed by atoms with E-state index in [0.29, 0.717) is 5.41 Å². The summed E-state index contributed by atoms with van der Waals surface area (Å²) in [6, 6.07) is 0. The number of nitrogens with zero attached hydrogens (tertiary/aromatic N) is 1. The maximum atomic E-state index is 5.88. The number of hydrogen-bond acceptors (Lipinski definition) is 2. The van der Waals surface area contributed by atoms with Crippen LogP contribution in [0.15, 0.2) is 0 Å². The summed E-state index contributed by atoms with van der Waals surface area (Å²) in [5.74, 6) is 0.872. The third kappa shape index (κ3) is 8.97. The number of ether oxygens (including phenoxy) is 1. The zero-order valence-electron chi connectivity index (χ0n) is 14.8. The van der Waals surface area contributed by atoms with Gasteiger partial charge in [0.1, 0.15) is 0 Å². The Hall–Kier alpha value is -0.0800. The molecule has 0 amide bonds. The van der Waals surface area contributed by atoms with Crippen molar-refractivity contribution in [1.82, 2.24) is 4.90 Å². The standard InChI is InChI=1S/C18H37NO/c1-17(2,3)11-14-19-12-7-8-16(9-13-19)10-15-20-18(4,5)6/h16H,7-15H2,1-6H3. The van der Waals surface area contributed by atoms with Crippen LogP contribution in [0, 0.1) is 11.3 Å². The molecule has 120 valence electrons. The maximum Gasteiger partial charge on any atom is 0.0598 e. The van der Waals surface area contributed by atoms with E-state index in [1.807, 2.05) is 0 Å². The first-order chi connectivity index (χ1) is 9.16. The Morgan fingerprint density at radius 3 is 2.30 bits per heavy atom. The van der Waals surface area contributed by atoms with E-state index in [2.05, 4.69) is 46.4 Å². The molecule has 20 heavy (non-hydrogen) atoms. The zero-order valence-corrected chi connectivity index (χ0v) is 14.8. The summed E-state index contributed by atoms with van der Waals surface area (Å²) < 4.78 is 5.88. The molecule has 1 rings (SSSR count). The van der Waals surface area contributed by atoms with Gasteiger partial charge in [-0.15, -0.1) is 0 Å². The molecule has 0 spiro atoms. The van der Waals surface area contributed by atoms with Gasteiger partial charge in [0.05, 0.1) is 5.60 Å². The molecule has 2 nitrogen and oxygen atoms in total. The summed E-state index contributed by atoms with van der Waals surface area (Å²) in [6.07, 6.45) is 6.66. The maximum absolute atomic E-state index is 5.88. The van der Waals surface area contributed by atoms with E-state index in [0.717, 1.165) is 12.5 Å². The fourth-order valence-electron chi connectivity index (χ4n) is 2.76. The molecule has 0 aliphatic carbocycles. The quantitative estimate of drug-likeness (QED) is 0.723. The second-order valence-corrected chi connectivity index (χ2v) is 8.70. The summed E-state index contributed by atoms with van der Waals surface area (Å²) in [7, 11) is 0. The highest BCUT2D eigenvalue weighted by molar-refractivity contribution is 4.73. The molecule has 2 heteroatoms. The summed E-state index contributed by atoms with van der Waals surface area (Å²) >= 11 is 0. The largest absolute Gasteiger partial charge is 0.376 e. The van der Waals surface area contributed by atoms with E-state index in [4.69, 9.17) is 4.74 Å². The molecular formula is C18H37NO. The van der Waals surface area contributed by atoms with E-state index in [1.54, 1.807) is 0 Å². The summed E-state index contributed by atoms with van der Waals surface area (Å²) in [4.78, 5) is 2.68. The van der Waals surface area contributed by atoms with Crippen molar-refractivity contribution in [2.24, 2.45) is 11.3 Å². The third-order valence-corrected chi connectivity index (χ3v) is 4.18. The molecule has 0 aromatic rings. The van der Waals surface area contributed by atoms with E-state index in [9.17, 15) is 0 Å². The highest BCUT2D eigenvalue weighted by Gasteiger charge is 2.19. The molecule has 0 aromatic heterocycles. The second-order valence-electron chi connectivity index (χ2n) is 8.70. The predicted molar refractivity (Wildman–Crippen MR) is 88.2 cm³/mol. The van der Waals surface area contributed by atoms with Crippen molar-refractivity contribution in [3.8, 4) is 0 Å². The van der Waals surface area contributed by atoms with E-state index in [-0.39, 0.29) is 5.60 Å². The number of hydrogen-bond donors (Lipinski definition) is 0. The van der Waals surface area contributed by atoms with Gasteiger partial charge in [0, 0.05) is 6.61 Å². The molecular weight excluding hydrogens is 246 g/mol. The minimum atomic E-state index is 0.0173. The Morgan fingerprint density at radius 1 is 1.00 bits per heavy atom. The lowest BCUT2D eigenvalue weighted by Gasteiger charge is -2.25. The predicted octanol–water partition coefficient (Wildman–Crippen LogP) is 4.73. The van der Waals surface area contributed by atoms with Crippen molar-refractivity contribution in [2.45, 2.75) is 79.2 Å². The molecule has 1 fully saturated rings. The van der Waals surface area contributed by atoms with Crippen LogP contribution in [0.2, 0.25) is 0 Å². The first-order valence-corrected chi connectivity index (χ1v) is 8.52. The molecule has 1 saturated heterocycles. The van der Waals surface area contributed by atoms with Crippen LogP contribution < -0.4 is 0 Å². The van der Waals surface area contributed by atoms with Crippen molar-refractivity contribution < 1.29 is 4.74 Å². The van der Waals surface area contributed by atoms with Crippen molar-refractivity contribution in [3.63, 3.8) is 0 Å². The normalized spacial score (nSPS) is 22.8. The van der Waals surface area contributed by atoms with Gasteiger partial charge < -0.3 is 9.64 Å². The summed E-state index contributed by atoms with van der Waals surface area (Å²) in [6.45, 7) is 18.3. The Balaban J connectivity index is 2.22. The first kappa shape index (κ1) is 18.0. The van der Waals surface area contributed by atoms with Crippen LogP contribution in [0.1, 0.15) is 73.6 Å². The Kier molecular flexibility index (Phi) is 7.00. The van der Waals surface area contributed by atoms with Gasteiger partial charge in [-0.25, -0.2) is 0 Å². The van der Waals surface area contributed by atoms with E-state index in [1.165, 1.54) is 51.7 Å². The highest BCUT2D eigenvalue weighted by atomic mass is 16.5. The summed E-state index contributed by atoms with van der Waals surface area (Å²) in [5.41, 5.74) is 0.482. The molecule has 1 unspecified atom stereocenters. The van der Waals surface area contributed by atoms with Gasteiger partial charge in [-0.05, 0) is 83.8 Å². The molecule has 0 saturated carbocycles. The molecule has 0 radical (unpaired) electrons. The van der Waals surface area contributed by atoms with Gasteiger partial charge in [0.25, 0.3) is 0 Å². The third-order valence-electron chi connectivity index (χ3n) is 4.18. The van der Waals surface area contributed by atoms with Gasteiger partial charge in [-0.3, -0.25) is 0 Å². The van der Waals surface area contributed by atoms with Crippen LogP contribution in [-0.2, 0) is 4.74 Å². The average molecular weight is 284 g/mol. The fraction of sp³-hybridized carbons (Fsp3) is 1.00. The molecule has 1 aliphatic rings. The van der Waals surface area contributed by atoms with E-state index < -0.39 is 0 Å². The van der Waals surface area contributed by atoms with Crippen LogP contribution >= 0.6 is 0 Å². The minimum absolute atomic E-state index is 0.0173. The minimum Gasteiger partial charge on any atom is -0.376 e. The fourth-order valence-corrected chi connectivity index (χ4v) is 2.76. The average Bonchev–Trinajstić information content (AvgIpc) is 2.49. The SMILES string of the molecule is CC(C)(C)CCN1CCCC(CCOC(C)(C)C)CC1. The monoisotopic (exact) mass is 283 g/mol. The van der Waals surface area contributed by atoms with Crippen molar-refractivity contribution >= 4 is 0 Å². The van der Waals surface area contributed by atoms with Crippen molar-refractivity contribution in [2.75, 3.05) is 26.2 Å². The van der Waals surface area contributed by atoms with Crippen molar-refractivity contribution in [1.29, 1.82) is 0 Å². The van der Waals surface area contributed by atoms with Gasteiger partial charge in [0.2, 0.25) is 0 Å². The number of likely N-dealkylation sites (tertiary alicyclic amines) is 1. The lowest BCUT2D eigenvalue weighted by atomic mass is 9.92. The van der Waals surface area contributed by atoms with Crippen LogP contribution in [0.25, 0.3) is 0 Å². The number of rotatable bonds is 5. The molecule has 0 bridgehead atoms. The van der Waals surface area contributed by atoms with Crippen molar-refractivity contribution in [3.05, 3.63) is 0 Å². The molecule has 1 aliphatic heterocycles. The lowest BCUT2D eigenvalue weighted by molar-refractivity contribution is -0.00988. The smallest absolute Gasteiger partial charge is 0.0598 e. The van der Waals surface area contributed by atoms with Gasteiger partial charge in [-0.2, -0.15) is 0 Å². The zero-order chi connectivity index (χ0) is 15.2. The highest BCUT2D eigenvalue weighted by Crippen LogP contribution is 2.24. The van der Waals surface area contributed by atoms with E-state index >= 15 is 0 Å². The Labute approximate surface area is 127 Å². The second kappa shape index (κ2) is 7.79.